The van der Waals surface area contributed by atoms with Gasteiger partial charge in [-0.2, -0.15) is 0 Å². The van der Waals surface area contributed by atoms with Crippen molar-refractivity contribution in [3.63, 3.8) is 0 Å². The van der Waals surface area contributed by atoms with E-state index >= 15 is 0 Å². The largest absolute Gasteiger partial charge is 0.341 e. The number of benzene rings is 1. The molecule has 1 aliphatic rings. The molecule has 1 aliphatic heterocycles. The summed E-state index contributed by atoms with van der Waals surface area (Å²) in [7, 11) is 2.08. The monoisotopic (exact) mass is 324 g/mol. The third kappa shape index (κ3) is 4.17. The molecule has 0 aliphatic carbocycles. The van der Waals surface area contributed by atoms with Crippen LogP contribution >= 0.6 is 0 Å². The Morgan fingerprint density at radius 1 is 1.29 bits per heavy atom. The van der Waals surface area contributed by atoms with Crippen LogP contribution in [0.1, 0.15) is 23.4 Å². The molecule has 2 heterocycles. The first-order valence-corrected chi connectivity index (χ1v) is 8.41. The summed E-state index contributed by atoms with van der Waals surface area (Å²) in [6.07, 6.45) is 5.02. The molecule has 1 atom stereocenters. The number of hydrogen-bond acceptors (Lipinski definition) is 4. The SMILES string of the molecule is Cc1cccc(CC(=O)N2CC[C@@H](N(C)Cc3ncccn3)C2)c1. The molecule has 0 N–H and O–H groups in total. The average molecular weight is 324 g/mol. The zero-order chi connectivity index (χ0) is 16.9. The van der Waals surface area contributed by atoms with E-state index in [1.807, 2.05) is 23.1 Å². The van der Waals surface area contributed by atoms with Crippen LogP contribution in [-0.4, -0.2) is 51.9 Å². The first-order valence-electron chi connectivity index (χ1n) is 8.41. The molecule has 0 bridgehead atoms. The quantitative estimate of drug-likeness (QED) is 0.845. The fourth-order valence-corrected chi connectivity index (χ4v) is 3.20. The maximum Gasteiger partial charge on any atom is 0.227 e. The highest BCUT2D eigenvalue weighted by Gasteiger charge is 2.29. The van der Waals surface area contributed by atoms with Gasteiger partial charge < -0.3 is 4.90 Å². The number of carbonyl (C=O) groups excluding carboxylic acids is 1. The van der Waals surface area contributed by atoms with Crippen LogP contribution < -0.4 is 0 Å². The molecule has 0 saturated carbocycles. The van der Waals surface area contributed by atoms with E-state index in [9.17, 15) is 4.79 Å². The summed E-state index contributed by atoms with van der Waals surface area (Å²) < 4.78 is 0. The van der Waals surface area contributed by atoms with Crippen molar-refractivity contribution in [1.29, 1.82) is 0 Å². The number of hydrogen-bond donors (Lipinski definition) is 0. The van der Waals surface area contributed by atoms with Crippen LogP contribution in [0.3, 0.4) is 0 Å². The standard InChI is InChI=1S/C19H24N4O/c1-15-5-3-6-16(11-15)12-19(24)23-10-7-17(13-23)22(2)14-18-20-8-4-9-21-18/h3-6,8-9,11,17H,7,10,12-14H2,1-2H3/t17-/m1/s1. The number of likely N-dealkylation sites (tertiary alicyclic amines) is 1. The minimum absolute atomic E-state index is 0.215. The van der Waals surface area contributed by atoms with Crippen LogP contribution in [0.5, 0.6) is 0 Å². The number of carbonyl (C=O) groups is 1. The number of rotatable bonds is 5. The summed E-state index contributed by atoms with van der Waals surface area (Å²) in [6.45, 7) is 4.38. The van der Waals surface area contributed by atoms with E-state index in [1.54, 1.807) is 12.4 Å². The third-order valence-corrected chi connectivity index (χ3v) is 4.59. The molecule has 1 aromatic heterocycles. The number of aromatic nitrogens is 2. The molecule has 2 aromatic rings. The van der Waals surface area contributed by atoms with Crippen molar-refractivity contribution in [2.75, 3.05) is 20.1 Å². The third-order valence-electron chi connectivity index (χ3n) is 4.59. The van der Waals surface area contributed by atoms with Gasteiger partial charge in [-0.15, -0.1) is 0 Å². The Kier molecular flexibility index (Phi) is 5.20. The maximum absolute atomic E-state index is 12.5. The molecule has 0 radical (unpaired) electrons. The Bertz CT molecular complexity index is 689. The first kappa shape index (κ1) is 16.6. The van der Waals surface area contributed by atoms with Crippen LogP contribution in [0, 0.1) is 6.92 Å². The smallest absolute Gasteiger partial charge is 0.227 e. The van der Waals surface area contributed by atoms with Gasteiger partial charge in [-0.05, 0) is 32.0 Å². The molecule has 1 amide bonds. The minimum Gasteiger partial charge on any atom is -0.341 e. The second kappa shape index (κ2) is 7.53. The summed E-state index contributed by atoms with van der Waals surface area (Å²) in [5, 5.41) is 0. The molecule has 1 fully saturated rings. The summed E-state index contributed by atoms with van der Waals surface area (Å²) in [5.41, 5.74) is 2.29. The predicted octanol–water partition coefficient (Wildman–Crippen LogP) is 2.06. The van der Waals surface area contributed by atoms with Crippen molar-refractivity contribution in [2.45, 2.75) is 32.4 Å². The highest BCUT2D eigenvalue weighted by molar-refractivity contribution is 5.79. The molecule has 0 unspecified atom stereocenters. The van der Waals surface area contributed by atoms with Crippen LogP contribution in [0.25, 0.3) is 0 Å². The van der Waals surface area contributed by atoms with Gasteiger partial charge in [0.1, 0.15) is 5.82 Å². The van der Waals surface area contributed by atoms with Crippen LogP contribution in [0.15, 0.2) is 42.7 Å². The van der Waals surface area contributed by atoms with E-state index in [0.29, 0.717) is 19.0 Å². The Morgan fingerprint density at radius 2 is 2.08 bits per heavy atom. The van der Waals surface area contributed by atoms with Crippen LogP contribution in [-0.2, 0) is 17.8 Å². The van der Waals surface area contributed by atoms with E-state index in [0.717, 1.165) is 30.9 Å². The highest BCUT2D eigenvalue weighted by Crippen LogP contribution is 2.17. The van der Waals surface area contributed by atoms with Crippen molar-refractivity contribution in [2.24, 2.45) is 0 Å². The average Bonchev–Trinajstić information content (AvgIpc) is 3.06. The Hall–Kier alpha value is -2.27. The van der Waals surface area contributed by atoms with Gasteiger partial charge in [0.15, 0.2) is 0 Å². The second-order valence-electron chi connectivity index (χ2n) is 6.53. The van der Waals surface area contributed by atoms with E-state index in [4.69, 9.17) is 0 Å². The maximum atomic E-state index is 12.5. The molecular weight excluding hydrogens is 300 g/mol. The van der Waals surface area contributed by atoms with E-state index < -0.39 is 0 Å². The van der Waals surface area contributed by atoms with Gasteiger partial charge in [-0.25, -0.2) is 9.97 Å². The van der Waals surface area contributed by atoms with E-state index in [-0.39, 0.29) is 5.91 Å². The summed E-state index contributed by atoms with van der Waals surface area (Å²) in [4.78, 5) is 25.3. The number of nitrogens with zero attached hydrogens (tertiary/aromatic N) is 4. The summed E-state index contributed by atoms with van der Waals surface area (Å²) in [6, 6.07) is 10.4. The number of likely N-dealkylation sites (N-methyl/N-ethyl adjacent to an activating group) is 1. The lowest BCUT2D eigenvalue weighted by molar-refractivity contribution is -0.129. The van der Waals surface area contributed by atoms with Gasteiger partial charge in [0.25, 0.3) is 0 Å². The predicted molar refractivity (Wildman–Crippen MR) is 93.4 cm³/mol. The Labute approximate surface area is 143 Å². The molecule has 5 nitrogen and oxygen atoms in total. The lowest BCUT2D eigenvalue weighted by Gasteiger charge is -2.24. The van der Waals surface area contributed by atoms with Gasteiger partial charge in [0.05, 0.1) is 13.0 Å². The molecular formula is C19H24N4O. The molecule has 5 heteroatoms. The molecule has 1 saturated heterocycles. The molecule has 126 valence electrons. The summed E-state index contributed by atoms with van der Waals surface area (Å²) >= 11 is 0. The van der Waals surface area contributed by atoms with E-state index in [1.165, 1.54) is 5.56 Å². The van der Waals surface area contributed by atoms with Crippen molar-refractivity contribution in [1.82, 2.24) is 19.8 Å². The van der Waals surface area contributed by atoms with Crippen molar-refractivity contribution < 1.29 is 4.79 Å². The molecule has 24 heavy (non-hydrogen) atoms. The lowest BCUT2D eigenvalue weighted by atomic mass is 10.1. The Morgan fingerprint density at radius 3 is 2.83 bits per heavy atom. The lowest BCUT2D eigenvalue weighted by Crippen LogP contribution is -2.37. The van der Waals surface area contributed by atoms with Crippen molar-refractivity contribution in [3.05, 3.63) is 59.7 Å². The van der Waals surface area contributed by atoms with Crippen molar-refractivity contribution in [3.8, 4) is 0 Å². The van der Waals surface area contributed by atoms with Crippen LogP contribution in [0.2, 0.25) is 0 Å². The van der Waals surface area contributed by atoms with Crippen molar-refractivity contribution >= 4 is 5.91 Å². The van der Waals surface area contributed by atoms with Gasteiger partial charge in [-0.3, -0.25) is 9.69 Å². The fraction of sp³-hybridized carbons (Fsp3) is 0.421. The van der Waals surface area contributed by atoms with Gasteiger partial charge in [-0.1, -0.05) is 29.8 Å². The first-order chi connectivity index (χ1) is 11.6. The number of amides is 1. The van der Waals surface area contributed by atoms with Gasteiger partial charge in [0, 0.05) is 31.5 Å². The second-order valence-corrected chi connectivity index (χ2v) is 6.53. The van der Waals surface area contributed by atoms with Gasteiger partial charge in [0.2, 0.25) is 5.91 Å². The topological polar surface area (TPSA) is 49.3 Å². The minimum atomic E-state index is 0.215. The zero-order valence-electron chi connectivity index (χ0n) is 14.4. The van der Waals surface area contributed by atoms with Crippen LogP contribution in [0.4, 0.5) is 0 Å². The normalized spacial score (nSPS) is 17.5. The molecule has 1 aromatic carbocycles. The Balaban J connectivity index is 1.53. The zero-order valence-corrected chi connectivity index (χ0v) is 14.4. The van der Waals surface area contributed by atoms with E-state index in [2.05, 4.69) is 41.0 Å². The molecule has 0 spiro atoms. The van der Waals surface area contributed by atoms with Gasteiger partial charge >= 0.3 is 0 Å². The fourth-order valence-electron chi connectivity index (χ4n) is 3.20. The molecule has 3 rings (SSSR count). The highest BCUT2D eigenvalue weighted by atomic mass is 16.2. The summed E-state index contributed by atoms with van der Waals surface area (Å²) in [5.74, 6) is 1.04. The number of aryl methyl sites for hydroxylation is 1.